The Bertz CT molecular complexity index is 1960. The van der Waals surface area contributed by atoms with Crippen molar-refractivity contribution in [1.29, 1.82) is 0 Å². The lowest BCUT2D eigenvalue weighted by Crippen LogP contribution is -2.30. The van der Waals surface area contributed by atoms with E-state index in [4.69, 9.17) is 4.98 Å². The third-order valence-corrected chi connectivity index (χ3v) is 7.65. The lowest BCUT2D eigenvalue weighted by atomic mass is 9.96. The van der Waals surface area contributed by atoms with Gasteiger partial charge in [0.1, 0.15) is 5.69 Å². The number of nitrogens with zero attached hydrogens (tertiary/aromatic N) is 4. The van der Waals surface area contributed by atoms with Crippen molar-refractivity contribution in [1.82, 2.24) is 30.0 Å². The second-order valence-corrected chi connectivity index (χ2v) is 10.6. The molecule has 0 saturated heterocycles. The van der Waals surface area contributed by atoms with Crippen molar-refractivity contribution in [2.24, 2.45) is 0 Å². The molecule has 1 aliphatic rings. The molecule has 7 rings (SSSR count). The number of phenolic OH excluding ortho intramolecular Hbond substituents is 1. The van der Waals surface area contributed by atoms with Crippen LogP contribution in [-0.4, -0.2) is 47.9 Å². The minimum Gasteiger partial charge on any atom is -0.505 e. The molecule has 0 bridgehead atoms. The number of imidazole rings is 1. The molecule has 3 aromatic heterocycles. The van der Waals surface area contributed by atoms with Crippen molar-refractivity contribution < 1.29 is 22.7 Å². The van der Waals surface area contributed by atoms with Gasteiger partial charge in [-0.1, -0.05) is 18.2 Å². The summed E-state index contributed by atoms with van der Waals surface area (Å²) in [6.45, 7) is 2.33. The fourth-order valence-corrected chi connectivity index (χ4v) is 5.68. The van der Waals surface area contributed by atoms with Gasteiger partial charge < -0.3 is 10.1 Å². The molecule has 0 fully saturated rings. The number of halogens is 4. The van der Waals surface area contributed by atoms with E-state index in [1.807, 2.05) is 12.1 Å². The zero-order valence-corrected chi connectivity index (χ0v) is 22.1. The molecule has 11 heteroatoms. The van der Waals surface area contributed by atoms with E-state index < -0.39 is 24.2 Å². The lowest BCUT2D eigenvalue weighted by Gasteiger charge is -2.25. The van der Waals surface area contributed by atoms with Gasteiger partial charge in [-0.3, -0.25) is 15.0 Å². The maximum absolute atomic E-state index is 14.2. The quantitative estimate of drug-likeness (QED) is 0.201. The van der Waals surface area contributed by atoms with Crippen molar-refractivity contribution in [2.45, 2.75) is 32.1 Å². The van der Waals surface area contributed by atoms with Crippen molar-refractivity contribution >= 4 is 21.8 Å². The second kappa shape index (κ2) is 9.95. The van der Waals surface area contributed by atoms with Crippen LogP contribution in [0.2, 0.25) is 0 Å². The summed E-state index contributed by atoms with van der Waals surface area (Å²) in [6.07, 6.45) is -3.23. The topological polar surface area (TPSA) is 93.7 Å². The number of hydrogen-bond acceptors (Lipinski definition) is 5. The summed E-state index contributed by atoms with van der Waals surface area (Å²) in [4.78, 5) is 15.0. The van der Waals surface area contributed by atoms with Crippen LogP contribution in [0, 0.1) is 5.82 Å². The molecule has 0 unspecified atom stereocenters. The van der Waals surface area contributed by atoms with Crippen molar-refractivity contribution in [2.75, 3.05) is 6.54 Å². The Morgan fingerprint density at radius 3 is 2.76 bits per heavy atom. The van der Waals surface area contributed by atoms with Crippen LogP contribution in [0.25, 0.3) is 44.5 Å². The molecule has 4 heterocycles. The van der Waals surface area contributed by atoms with E-state index in [9.17, 15) is 22.7 Å². The molecular weight excluding hydrogens is 548 g/mol. The SMILES string of the molecule is Oc1cc(CC(F)(F)F)c(-c2ccc3c(-c4nc5c([nH]4)CCN(Cc4ccc6ncccc6c4)C5)n[nH]c3c2)cc1F. The van der Waals surface area contributed by atoms with Crippen LogP contribution in [0.5, 0.6) is 5.75 Å². The van der Waals surface area contributed by atoms with Gasteiger partial charge in [0, 0.05) is 48.7 Å². The Hall–Kier alpha value is -4.77. The molecule has 212 valence electrons. The number of aromatic nitrogens is 5. The Morgan fingerprint density at radius 1 is 1.02 bits per heavy atom. The summed E-state index contributed by atoms with van der Waals surface area (Å²) in [7, 11) is 0. The number of alkyl halides is 3. The molecule has 0 radical (unpaired) electrons. The van der Waals surface area contributed by atoms with Crippen LogP contribution in [0.4, 0.5) is 17.6 Å². The summed E-state index contributed by atoms with van der Waals surface area (Å²) in [5.41, 5.74) is 5.53. The molecule has 0 atom stereocenters. The number of pyridine rings is 1. The number of nitrogens with one attached hydrogen (secondary N) is 2. The Labute approximate surface area is 236 Å². The first-order valence-corrected chi connectivity index (χ1v) is 13.4. The second-order valence-electron chi connectivity index (χ2n) is 10.6. The highest BCUT2D eigenvalue weighted by Gasteiger charge is 2.30. The smallest absolute Gasteiger partial charge is 0.393 e. The largest absolute Gasteiger partial charge is 0.505 e. The van der Waals surface area contributed by atoms with Crippen LogP contribution in [0.15, 0.2) is 66.9 Å². The predicted molar refractivity (Wildman–Crippen MR) is 150 cm³/mol. The Kier molecular flexibility index (Phi) is 6.19. The molecule has 3 aromatic carbocycles. The summed E-state index contributed by atoms with van der Waals surface area (Å²) in [5, 5.41) is 18.9. The molecule has 0 saturated carbocycles. The highest BCUT2D eigenvalue weighted by molar-refractivity contribution is 5.94. The van der Waals surface area contributed by atoms with Crippen molar-refractivity contribution in [3.05, 3.63) is 95.2 Å². The third kappa shape index (κ3) is 4.96. The van der Waals surface area contributed by atoms with Crippen LogP contribution in [-0.2, 0) is 25.9 Å². The van der Waals surface area contributed by atoms with Crippen LogP contribution < -0.4 is 0 Å². The zero-order chi connectivity index (χ0) is 29.0. The van der Waals surface area contributed by atoms with E-state index in [0.717, 1.165) is 59.3 Å². The number of aromatic amines is 2. The van der Waals surface area contributed by atoms with E-state index in [1.165, 1.54) is 5.56 Å². The van der Waals surface area contributed by atoms with Gasteiger partial charge in [-0.2, -0.15) is 18.3 Å². The molecule has 6 aromatic rings. The van der Waals surface area contributed by atoms with Crippen LogP contribution in [0.1, 0.15) is 22.5 Å². The third-order valence-electron chi connectivity index (χ3n) is 7.65. The number of rotatable bonds is 5. The standard InChI is InChI=1S/C31H24F4N6O/c32-23-13-22(20(12-28(23)42)14-31(33,34)35)18-4-5-21-26(11-18)39-40-29(21)30-37-25-7-9-41(16-27(25)38-30)15-17-3-6-24-19(10-17)2-1-8-36-24/h1-6,8,10-13,42H,7,9,14-16H2,(H,37,38)(H,39,40). The Balaban J connectivity index is 1.15. The number of aromatic hydroxyl groups is 1. The van der Waals surface area contributed by atoms with Gasteiger partial charge in [-0.25, -0.2) is 9.37 Å². The molecule has 1 aliphatic heterocycles. The first-order valence-electron chi connectivity index (χ1n) is 13.4. The van der Waals surface area contributed by atoms with Crippen LogP contribution in [0.3, 0.4) is 0 Å². The van der Waals surface area contributed by atoms with E-state index in [-0.39, 0.29) is 11.1 Å². The maximum atomic E-state index is 14.2. The summed E-state index contributed by atoms with van der Waals surface area (Å²) >= 11 is 0. The van der Waals surface area contributed by atoms with E-state index in [1.54, 1.807) is 24.4 Å². The van der Waals surface area contributed by atoms with Crippen molar-refractivity contribution in [3.8, 4) is 28.4 Å². The number of phenols is 1. The van der Waals surface area contributed by atoms with Gasteiger partial charge in [0.2, 0.25) is 0 Å². The number of fused-ring (bicyclic) bond motifs is 3. The van der Waals surface area contributed by atoms with Gasteiger partial charge >= 0.3 is 6.18 Å². The van der Waals surface area contributed by atoms with Gasteiger partial charge in [-0.15, -0.1) is 0 Å². The molecular formula is C31H24F4N6O. The fraction of sp³-hybridized carbons (Fsp3) is 0.194. The summed E-state index contributed by atoms with van der Waals surface area (Å²) in [6, 6.07) is 17.0. The Morgan fingerprint density at radius 2 is 1.90 bits per heavy atom. The monoisotopic (exact) mass is 572 g/mol. The van der Waals surface area contributed by atoms with E-state index in [0.29, 0.717) is 29.1 Å². The zero-order valence-electron chi connectivity index (χ0n) is 22.1. The first-order chi connectivity index (χ1) is 20.2. The van der Waals surface area contributed by atoms with E-state index >= 15 is 0 Å². The molecule has 0 amide bonds. The number of H-pyrrole nitrogens is 2. The average molecular weight is 573 g/mol. The van der Waals surface area contributed by atoms with Crippen LogP contribution >= 0.6 is 0 Å². The molecule has 42 heavy (non-hydrogen) atoms. The lowest BCUT2D eigenvalue weighted by molar-refractivity contribution is -0.127. The molecule has 0 aliphatic carbocycles. The minimum absolute atomic E-state index is 0.0527. The molecule has 0 spiro atoms. The minimum atomic E-state index is -4.52. The van der Waals surface area contributed by atoms with E-state index in [2.05, 4.69) is 43.3 Å². The number of benzene rings is 3. The highest BCUT2D eigenvalue weighted by Crippen LogP contribution is 2.36. The predicted octanol–water partition coefficient (Wildman–Crippen LogP) is 6.68. The normalized spacial score (nSPS) is 14.1. The average Bonchev–Trinajstić information content (AvgIpc) is 3.57. The van der Waals surface area contributed by atoms with Gasteiger partial charge in [0.05, 0.1) is 23.1 Å². The maximum Gasteiger partial charge on any atom is 0.393 e. The van der Waals surface area contributed by atoms with Gasteiger partial charge in [0.15, 0.2) is 17.4 Å². The number of hydrogen-bond donors (Lipinski definition) is 3. The summed E-state index contributed by atoms with van der Waals surface area (Å²) in [5.74, 6) is -1.21. The highest BCUT2D eigenvalue weighted by atomic mass is 19.4. The van der Waals surface area contributed by atoms with Crippen molar-refractivity contribution in [3.63, 3.8) is 0 Å². The fourth-order valence-electron chi connectivity index (χ4n) is 5.68. The van der Waals surface area contributed by atoms with Gasteiger partial charge in [-0.05, 0) is 64.7 Å². The first kappa shape index (κ1) is 26.1. The summed E-state index contributed by atoms with van der Waals surface area (Å²) < 4.78 is 53.8. The molecule has 3 N–H and O–H groups in total. The van der Waals surface area contributed by atoms with Gasteiger partial charge in [0.25, 0.3) is 0 Å². The molecule has 7 nitrogen and oxygen atoms in total.